The Balaban J connectivity index is 1.76. The fourth-order valence-electron chi connectivity index (χ4n) is 1.80. The van der Waals surface area contributed by atoms with E-state index < -0.39 is 0 Å². The summed E-state index contributed by atoms with van der Waals surface area (Å²) in [4.78, 5) is 16.2. The van der Waals surface area contributed by atoms with Crippen LogP contribution in [0.2, 0.25) is 0 Å². The van der Waals surface area contributed by atoms with Gasteiger partial charge in [0.15, 0.2) is 0 Å². The number of nitrogens with one attached hydrogen (secondary N) is 1. The molecule has 2 aromatic heterocycles. The van der Waals surface area contributed by atoms with E-state index in [0.717, 1.165) is 0 Å². The van der Waals surface area contributed by atoms with E-state index in [9.17, 15) is 4.79 Å². The molecule has 0 bridgehead atoms. The van der Waals surface area contributed by atoms with Crippen LogP contribution in [0.15, 0.2) is 53.1 Å². The van der Waals surface area contributed by atoms with E-state index in [-0.39, 0.29) is 17.8 Å². The molecule has 2 heterocycles. The number of carbonyl (C=O) groups excluding carboxylic acids is 1. The highest BCUT2D eigenvalue weighted by Crippen LogP contribution is 2.18. The number of amides is 1. The highest BCUT2D eigenvalue weighted by atomic mass is 16.5. The summed E-state index contributed by atoms with van der Waals surface area (Å²) in [6.07, 6.45) is 1.62. The minimum absolute atomic E-state index is 0.00785. The van der Waals surface area contributed by atoms with Gasteiger partial charge in [-0.05, 0) is 30.3 Å². The Hall–Kier alpha value is -3.22. The van der Waals surface area contributed by atoms with Crippen molar-refractivity contribution in [1.29, 1.82) is 0 Å². The van der Waals surface area contributed by atoms with Crippen LogP contribution in [0, 0.1) is 0 Å². The average molecular weight is 296 g/mol. The van der Waals surface area contributed by atoms with Gasteiger partial charge >= 0.3 is 6.01 Å². The SMILES string of the molecule is COc1cccc(C(=O)Nc2nnc(-c3ccccn3)o2)c1. The number of carbonyl (C=O) groups is 1. The third-order valence-corrected chi connectivity index (χ3v) is 2.86. The summed E-state index contributed by atoms with van der Waals surface area (Å²) >= 11 is 0. The third kappa shape index (κ3) is 2.93. The maximum absolute atomic E-state index is 12.1. The third-order valence-electron chi connectivity index (χ3n) is 2.86. The van der Waals surface area contributed by atoms with Gasteiger partial charge in [0.25, 0.3) is 11.8 Å². The van der Waals surface area contributed by atoms with E-state index >= 15 is 0 Å². The van der Waals surface area contributed by atoms with Gasteiger partial charge < -0.3 is 9.15 Å². The zero-order chi connectivity index (χ0) is 15.4. The van der Waals surface area contributed by atoms with Gasteiger partial charge in [-0.2, -0.15) is 0 Å². The van der Waals surface area contributed by atoms with Crippen LogP contribution >= 0.6 is 0 Å². The van der Waals surface area contributed by atoms with Gasteiger partial charge in [-0.1, -0.05) is 17.2 Å². The van der Waals surface area contributed by atoms with Crippen LogP contribution in [0.25, 0.3) is 11.6 Å². The van der Waals surface area contributed by atoms with E-state index in [0.29, 0.717) is 17.0 Å². The molecular formula is C15H12N4O3. The van der Waals surface area contributed by atoms with Crippen molar-refractivity contribution >= 4 is 11.9 Å². The summed E-state index contributed by atoms with van der Waals surface area (Å²) < 4.78 is 10.4. The fourth-order valence-corrected chi connectivity index (χ4v) is 1.80. The second-order valence-electron chi connectivity index (χ2n) is 4.31. The van der Waals surface area contributed by atoms with Crippen molar-refractivity contribution in [2.24, 2.45) is 0 Å². The molecule has 0 atom stereocenters. The van der Waals surface area contributed by atoms with Crippen molar-refractivity contribution in [3.8, 4) is 17.3 Å². The minimum Gasteiger partial charge on any atom is -0.497 e. The number of pyridine rings is 1. The van der Waals surface area contributed by atoms with Crippen LogP contribution in [0.3, 0.4) is 0 Å². The molecule has 7 nitrogen and oxygen atoms in total. The van der Waals surface area contributed by atoms with Crippen LogP contribution in [0.4, 0.5) is 6.01 Å². The van der Waals surface area contributed by atoms with Gasteiger partial charge in [-0.3, -0.25) is 15.1 Å². The number of anilines is 1. The Morgan fingerprint density at radius 2 is 2.09 bits per heavy atom. The topological polar surface area (TPSA) is 90.1 Å². The number of hydrogen-bond acceptors (Lipinski definition) is 6. The van der Waals surface area contributed by atoms with Crippen LogP contribution in [0.5, 0.6) is 5.75 Å². The summed E-state index contributed by atoms with van der Waals surface area (Å²) in [5.41, 5.74) is 0.966. The Bertz CT molecular complexity index is 786. The molecule has 22 heavy (non-hydrogen) atoms. The highest BCUT2D eigenvalue weighted by Gasteiger charge is 2.13. The van der Waals surface area contributed by atoms with Gasteiger partial charge in [0.2, 0.25) is 0 Å². The molecule has 3 rings (SSSR count). The lowest BCUT2D eigenvalue weighted by molar-refractivity contribution is 0.102. The van der Waals surface area contributed by atoms with Gasteiger partial charge in [-0.15, -0.1) is 5.10 Å². The van der Waals surface area contributed by atoms with Gasteiger partial charge in [0, 0.05) is 11.8 Å². The number of benzene rings is 1. The van der Waals surface area contributed by atoms with Crippen molar-refractivity contribution in [3.63, 3.8) is 0 Å². The molecule has 0 aliphatic carbocycles. The Morgan fingerprint density at radius 1 is 1.18 bits per heavy atom. The first-order valence-corrected chi connectivity index (χ1v) is 6.46. The molecule has 1 amide bonds. The Labute approximate surface area is 126 Å². The lowest BCUT2D eigenvalue weighted by Gasteiger charge is -2.03. The minimum atomic E-state index is -0.366. The van der Waals surface area contributed by atoms with E-state index in [4.69, 9.17) is 9.15 Å². The summed E-state index contributed by atoms with van der Waals surface area (Å²) in [5, 5.41) is 10.2. The van der Waals surface area contributed by atoms with E-state index in [1.807, 2.05) is 0 Å². The molecule has 0 aliphatic rings. The second-order valence-corrected chi connectivity index (χ2v) is 4.31. The summed E-state index contributed by atoms with van der Waals surface area (Å²) in [7, 11) is 1.54. The number of ether oxygens (including phenoxy) is 1. The molecule has 110 valence electrons. The van der Waals surface area contributed by atoms with Gasteiger partial charge in [0.1, 0.15) is 11.4 Å². The number of nitrogens with zero attached hydrogens (tertiary/aromatic N) is 3. The van der Waals surface area contributed by atoms with Gasteiger partial charge in [0.05, 0.1) is 7.11 Å². The maximum atomic E-state index is 12.1. The number of methoxy groups -OCH3 is 1. The first-order chi connectivity index (χ1) is 10.8. The lowest BCUT2D eigenvalue weighted by Crippen LogP contribution is -2.12. The molecule has 0 fully saturated rings. The standard InChI is InChI=1S/C15H12N4O3/c1-21-11-6-4-5-10(9-11)13(20)17-15-19-18-14(22-15)12-7-2-3-8-16-12/h2-9H,1H3,(H,17,19,20). The number of hydrogen-bond donors (Lipinski definition) is 1. The predicted octanol–water partition coefficient (Wildman–Crippen LogP) is 2.39. The zero-order valence-electron chi connectivity index (χ0n) is 11.7. The largest absolute Gasteiger partial charge is 0.497 e. The van der Waals surface area contributed by atoms with Crippen LogP contribution in [-0.4, -0.2) is 28.2 Å². The van der Waals surface area contributed by atoms with Crippen molar-refractivity contribution in [2.75, 3.05) is 12.4 Å². The van der Waals surface area contributed by atoms with E-state index in [1.165, 1.54) is 7.11 Å². The molecule has 0 radical (unpaired) electrons. The molecule has 7 heteroatoms. The highest BCUT2D eigenvalue weighted by molar-refractivity contribution is 6.03. The number of aromatic nitrogens is 3. The first-order valence-electron chi connectivity index (χ1n) is 6.46. The Kier molecular flexibility index (Phi) is 3.78. The van der Waals surface area contributed by atoms with Crippen LogP contribution < -0.4 is 10.1 Å². The lowest BCUT2D eigenvalue weighted by atomic mass is 10.2. The molecule has 0 saturated heterocycles. The fraction of sp³-hybridized carbons (Fsp3) is 0.0667. The molecule has 0 unspecified atom stereocenters. The molecule has 1 aromatic carbocycles. The Morgan fingerprint density at radius 3 is 2.86 bits per heavy atom. The van der Waals surface area contributed by atoms with Crippen LogP contribution in [-0.2, 0) is 0 Å². The van der Waals surface area contributed by atoms with Crippen molar-refractivity contribution in [2.45, 2.75) is 0 Å². The van der Waals surface area contributed by atoms with Crippen molar-refractivity contribution < 1.29 is 13.9 Å². The second kappa shape index (κ2) is 6.04. The maximum Gasteiger partial charge on any atom is 0.322 e. The van der Waals surface area contributed by atoms with Crippen molar-refractivity contribution in [1.82, 2.24) is 15.2 Å². The summed E-state index contributed by atoms with van der Waals surface area (Å²) in [5.74, 6) is 0.462. The van der Waals surface area contributed by atoms with Crippen LogP contribution in [0.1, 0.15) is 10.4 Å². The van der Waals surface area contributed by atoms with Crippen molar-refractivity contribution in [3.05, 3.63) is 54.2 Å². The smallest absolute Gasteiger partial charge is 0.322 e. The number of rotatable bonds is 4. The molecule has 0 spiro atoms. The average Bonchev–Trinajstić information content (AvgIpc) is 3.04. The quantitative estimate of drug-likeness (QED) is 0.795. The molecule has 1 N–H and O–H groups in total. The van der Waals surface area contributed by atoms with E-state index in [2.05, 4.69) is 20.5 Å². The molecule has 0 saturated carbocycles. The predicted molar refractivity (Wildman–Crippen MR) is 78.5 cm³/mol. The van der Waals surface area contributed by atoms with Gasteiger partial charge in [-0.25, -0.2) is 0 Å². The van der Waals surface area contributed by atoms with E-state index in [1.54, 1.807) is 48.7 Å². The normalized spacial score (nSPS) is 10.2. The first kappa shape index (κ1) is 13.7. The monoisotopic (exact) mass is 296 g/mol. The molecule has 0 aliphatic heterocycles. The molecule has 3 aromatic rings. The zero-order valence-corrected chi connectivity index (χ0v) is 11.7. The summed E-state index contributed by atoms with van der Waals surface area (Å²) in [6.45, 7) is 0. The summed E-state index contributed by atoms with van der Waals surface area (Å²) in [6, 6.07) is 12.1. The molecular weight excluding hydrogens is 284 g/mol.